The first-order valence-electron chi connectivity index (χ1n) is 8.97. The number of nitrogens with zero attached hydrogens (tertiary/aromatic N) is 3. The average molecular weight is 359 g/mol. The number of rotatable bonds is 4. The molecule has 0 amide bonds. The minimum absolute atomic E-state index is 0.963. The fourth-order valence-corrected chi connectivity index (χ4v) is 4.16. The van der Waals surface area contributed by atoms with Crippen molar-refractivity contribution in [1.29, 1.82) is 0 Å². The molecule has 0 bridgehead atoms. The van der Waals surface area contributed by atoms with Gasteiger partial charge in [0, 0.05) is 13.1 Å². The van der Waals surface area contributed by atoms with Gasteiger partial charge in [-0.3, -0.25) is 0 Å². The van der Waals surface area contributed by atoms with Crippen LogP contribution in [0.1, 0.15) is 13.8 Å². The number of anilines is 1. The van der Waals surface area contributed by atoms with Crippen LogP contribution in [0.25, 0.3) is 20.8 Å². The van der Waals surface area contributed by atoms with E-state index in [-0.39, 0.29) is 0 Å². The molecule has 1 heterocycles. The van der Waals surface area contributed by atoms with Crippen LogP contribution in [0.15, 0.2) is 71.7 Å². The minimum Gasteiger partial charge on any atom is -0.370 e. The van der Waals surface area contributed by atoms with Crippen molar-refractivity contribution in [1.82, 2.24) is 4.98 Å². The molecule has 0 aromatic heterocycles. The summed E-state index contributed by atoms with van der Waals surface area (Å²) >= 11 is 1.76. The fraction of sp³-hybridized carbons (Fsp3) is 0.182. The molecule has 2 aliphatic rings. The van der Waals surface area contributed by atoms with Crippen LogP contribution in [-0.4, -0.2) is 18.1 Å². The Morgan fingerprint density at radius 1 is 0.923 bits per heavy atom. The second-order valence-corrected chi connectivity index (χ2v) is 7.19. The van der Waals surface area contributed by atoms with Gasteiger partial charge in [-0.05, 0) is 56.3 Å². The van der Waals surface area contributed by atoms with E-state index in [0.717, 1.165) is 40.2 Å². The first-order valence-corrected chi connectivity index (χ1v) is 9.78. The first kappa shape index (κ1) is 16.7. The Labute approximate surface area is 157 Å². The summed E-state index contributed by atoms with van der Waals surface area (Å²) in [5, 5.41) is 0.963. The molecule has 1 aliphatic heterocycles. The number of para-hydroxylation sites is 3. The van der Waals surface area contributed by atoms with Crippen LogP contribution in [0.3, 0.4) is 0 Å². The third-order valence-corrected chi connectivity index (χ3v) is 5.62. The largest absolute Gasteiger partial charge is 0.370 e. The normalized spacial score (nSPS) is 12.0. The number of benzene rings is 3. The summed E-state index contributed by atoms with van der Waals surface area (Å²) in [6.45, 7) is 6.29. The van der Waals surface area contributed by atoms with Crippen molar-refractivity contribution in [2.75, 3.05) is 18.0 Å². The molecule has 0 N–H and O–H groups in total. The maximum atomic E-state index is 4.93. The van der Waals surface area contributed by atoms with E-state index in [0.29, 0.717) is 0 Å². The molecule has 0 unspecified atom stereocenters. The molecule has 0 radical (unpaired) electrons. The van der Waals surface area contributed by atoms with Crippen LogP contribution in [0.4, 0.5) is 11.4 Å². The van der Waals surface area contributed by atoms with Crippen molar-refractivity contribution in [2.45, 2.75) is 13.8 Å². The van der Waals surface area contributed by atoms with Crippen molar-refractivity contribution in [3.8, 4) is 10.6 Å². The molecular weight excluding hydrogens is 338 g/mol. The molecule has 4 heteroatoms. The van der Waals surface area contributed by atoms with Crippen LogP contribution < -0.4 is 10.3 Å². The molecule has 26 heavy (non-hydrogen) atoms. The SMILES string of the molecule is CCN(CC)c1ccccc1N=c1ccc2nc3ccccc3sc-2c1. The third-order valence-electron chi connectivity index (χ3n) is 4.50. The molecular formula is C22H21N3S. The molecule has 1 aliphatic carbocycles. The second kappa shape index (κ2) is 7.26. The van der Waals surface area contributed by atoms with Crippen molar-refractivity contribution in [3.63, 3.8) is 0 Å². The van der Waals surface area contributed by atoms with Gasteiger partial charge in [0.05, 0.1) is 37.5 Å². The molecule has 130 valence electrons. The number of hydrogen-bond donors (Lipinski definition) is 0. The van der Waals surface area contributed by atoms with Crippen LogP contribution >= 0.6 is 11.3 Å². The highest BCUT2D eigenvalue weighted by Crippen LogP contribution is 2.30. The Morgan fingerprint density at radius 3 is 2.54 bits per heavy atom. The highest BCUT2D eigenvalue weighted by molar-refractivity contribution is 7.21. The maximum absolute atomic E-state index is 4.93. The predicted octanol–water partition coefficient (Wildman–Crippen LogP) is 5.48. The lowest BCUT2D eigenvalue weighted by molar-refractivity contribution is 0.866. The Bertz CT molecular complexity index is 1080. The Hall–Kier alpha value is -2.72. The molecule has 0 saturated carbocycles. The quantitative estimate of drug-likeness (QED) is 0.451. The van der Waals surface area contributed by atoms with Crippen molar-refractivity contribution >= 4 is 32.9 Å². The summed E-state index contributed by atoms with van der Waals surface area (Å²) in [6.07, 6.45) is 0. The molecule has 0 fully saturated rings. The Morgan fingerprint density at radius 2 is 1.69 bits per heavy atom. The Kier molecular flexibility index (Phi) is 4.67. The van der Waals surface area contributed by atoms with Gasteiger partial charge in [0.2, 0.25) is 0 Å². The van der Waals surface area contributed by atoms with E-state index in [2.05, 4.69) is 73.3 Å². The van der Waals surface area contributed by atoms with Crippen LogP contribution in [0.5, 0.6) is 0 Å². The van der Waals surface area contributed by atoms with Gasteiger partial charge in [-0.15, -0.1) is 11.3 Å². The molecule has 4 rings (SSSR count). The lowest BCUT2D eigenvalue weighted by Gasteiger charge is -2.22. The highest BCUT2D eigenvalue weighted by atomic mass is 32.1. The molecule has 0 saturated heterocycles. The zero-order valence-corrected chi connectivity index (χ0v) is 15.8. The zero-order chi connectivity index (χ0) is 17.9. The molecule has 0 spiro atoms. The Balaban J connectivity index is 1.85. The summed E-state index contributed by atoms with van der Waals surface area (Å²) in [4.78, 5) is 13.2. The van der Waals surface area contributed by atoms with Gasteiger partial charge in [-0.1, -0.05) is 24.3 Å². The van der Waals surface area contributed by atoms with Crippen molar-refractivity contribution < 1.29 is 0 Å². The minimum atomic E-state index is 0.963. The lowest BCUT2D eigenvalue weighted by atomic mass is 10.2. The fourth-order valence-electron chi connectivity index (χ4n) is 3.16. The summed E-state index contributed by atoms with van der Waals surface area (Å²) < 4.78 is 1.20. The molecule has 0 atom stereocenters. The van der Waals surface area contributed by atoms with Crippen molar-refractivity contribution in [3.05, 3.63) is 72.1 Å². The molecule has 2 aromatic rings. The maximum Gasteiger partial charge on any atom is 0.0870 e. The van der Waals surface area contributed by atoms with Crippen molar-refractivity contribution in [2.24, 2.45) is 4.99 Å². The summed E-state index contributed by atoms with van der Waals surface area (Å²) in [5.74, 6) is 0. The van der Waals surface area contributed by atoms with Gasteiger partial charge in [-0.25, -0.2) is 9.98 Å². The van der Waals surface area contributed by atoms with Gasteiger partial charge < -0.3 is 4.90 Å². The van der Waals surface area contributed by atoms with Gasteiger partial charge >= 0.3 is 0 Å². The van der Waals surface area contributed by atoms with Crippen LogP contribution in [-0.2, 0) is 0 Å². The predicted molar refractivity (Wildman–Crippen MR) is 111 cm³/mol. The number of fused-ring (bicyclic) bond motifs is 2. The standard InChI is InChI=1S/C22H21N3S/c1-3-25(4-2)20-11-7-5-9-17(20)23-16-13-14-19-22(15-16)26-21-12-8-6-10-18(21)24-19/h5-15H,3-4H2,1-2H3. The summed E-state index contributed by atoms with van der Waals surface area (Å²) in [5.41, 5.74) is 4.25. The van der Waals surface area contributed by atoms with Gasteiger partial charge in [-0.2, -0.15) is 0 Å². The monoisotopic (exact) mass is 359 g/mol. The first-order chi connectivity index (χ1) is 12.8. The van der Waals surface area contributed by atoms with E-state index >= 15 is 0 Å². The van der Waals surface area contributed by atoms with E-state index in [1.807, 2.05) is 12.1 Å². The average Bonchev–Trinajstić information content (AvgIpc) is 2.68. The van der Waals surface area contributed by atoms with Crippen LogP contribution in [0.2, 0.25) is 0 Å². The van der Waals surface area contributed by atoms with E-state index in [1.54, 1.807) is 11.3 Å². The van der Waals surface area contributed by atoms with E-state index in [9.17, 15) is 0 Å². The van der Waals surface area contributed by atoms with Gasteiger partial charge in [0.15, 0.2) is 0 Å². The summed E-state index contributed by atoms with van der Waals surface area (Å²) in [7, 11) is 0. The van der Waals surface area contributed by atoms with Gasteiger partial charge in [0.1, 0.15) is 0 Å². The smallest absolute Gasteiger partial charge is 0.0870 e. The van der Waals surface area contributed by atoms with E-state index < -0.39 is 0 Å². The van der Waals surface area contributed by atoms with E-state index in [4.69, 9.17) is 9.98 Å². The third kappa shape index (κ3) is 3.20. The second-order valence-electron chi connectivity index (χ2n) is 6.11. The number of aromatic nitrogens is 1. The molecule has 2 aromatic carbocycles. The highest BCUT2D eigenvalue weighted by Gasteiger charge is 2.08. The summed E-state index contributed by atoms with van der Waals surface area (Å²) in [6, 6.07) is 22.9. The topological polar surface area (TPSA) is 28.5 Å². The number of hydrogen-bond acceptors (Lipinski definition) is 4. The van der Waals surface area contributed by atoms with E-state index in [1.165, 1.54) is 10.4 Å². The molecule has 3 nitrogen and oxygen atoms in total. The van der Waals surface area contributed by atoms with Crippen LogP contribution in [0, 0.1) is 0 Å². The zero-order valence-electron chi connectivity index (χ0n) is 15.0. The lowest BCUT2D eigenvalue weighted by Crippen LogP contribution is -2.21. The van der Waals surface area contributed by atoms with Gasteiger partial charge in [0.25, 0.3) is 0 Å².